The minimum atomic E-state index is -4.36. The molecule has 1 rings (SSSR count). The molecule has 5 heteroatoms. The quantitative estimate of drug-likeness (QED) is 0.862. The van der Waals surface area contributed by atoms with Crippen molar-refractivity contribution in [3.63, 3.8) is 0 Å². The molecule has 0 amide bonds. The van der Waals surface area contributed by atoms with E-state index in [2.05, 4.69) is 0 Å². The van der Waals surface area contributed by atoms with Gasteiger partial charge in [-0.05, 0) is 31.2 Å². The number of nitrogens with two attached hydrogens (primary N) is 1. The molecule has 2 atom stereocenters. The van der Waals surface area contributed by atoms with E-state index in [0.29, 0.717) is 5.56 Å². The smallest absolute Gasteiger partial charge is 0.385 e. The third kappa shape index (κ3) is 2.98. The molecule has 0 spiro atoms. The second-order valence-corrected chi connectivity index (χ2v) is 4.36. The first-order valence-corrected chi connectivity index (χ1v) is 5.29. The summed E-state index contributed by atoms with van der Waals surface area (Å²) in [5.41, 5.74) is 3.94. The SMILES string of the molecule is CC(CN)C(C)(O)c1ccc(C(F)(F)F)cc1. The second kappa shape index (κ2) is 4.66. The zero-order chi connectivity index (χ0) is 13.3. The molecule has 0 aliphatic rings. The third-order valence-electron chi connectivity index (χ3n) is 3.11. The van der Waals surface area contributed by atoms with Gasteiger partial charge in [-0.3, -0.25) is 0 Å². The van der Waals surface area contributed by atoms with E-state index < -0.39 is 17.3 Å². The summed E-state index contributed by atoms with van der Waals surface area (Å²) < 4.78 is 37.1. The predicted octanol–water partition coefficient (Wildman–Crippen LogP) is 2.51. The minimum Gasteiger partial charge on any atom is -0.385 e. The molecule has 2 nitrogen and oxygen atoms in total. The van der Waals surface area contributed by atoms with E-state index in [-0.39, 0.29) is 12.5 Å². The lowest BCUT2D eigenvalue weighted by Crippen LogP contribution is -2.34. The summed E-state index contributed by atoms with van der Waals surface area (Å²) in [6.45, 7) is 3.55. The molecule has 96 valence electrons. The molecule has 0 saturated carbocycles. The summed E-state index contributed by atoms with van der Waals surface area (Å²) in [5, 5.41) is 10.2. The number of halogens is 3. The van der Waals surface area contributed by atoms with Crippen LogP contribution in [0.3, 0.4) is 0 Å². The van der Waals surface area contributed by atoms with E-state index in [9.17, 15) is 18.3 Å². The third-order valence-corrected chi connectivity index (χ3v) is 3.11. The lowest BCUT2D eigenvalue weighted by atomic mass is 9.84. The van der Waals surface area contributed by atoms with Crippen molar-refractivity contribution in [3.8, 4) is 0 Å². The van der Waals surface area contributed by atoms with E-state index >= 15 is 0 Å². The Hall–Kier alpha value is -1.07. The number of rotatable bonds is 3. The maximum atomic E-state index is 12.4. The molecule has 0 radical (unpaired) electrons. The molecule has 0 heterocycles. The van der Waals surface area contributed by atoms with Gasteiger partial charge in [0, 0.05) is 5.92 Å². The van der Waals surface area contributed by atoms with Crippen LogP contribution in [0.15, 0.2) is 24.3 Å². The zero-order valence-electron chi connectivity index (χ0n) is 9.75. The van der Waals surface area contributed by atoms with Gasteiger partial charge in [0.1, 0.15) is 0 Å². The first-order chi connectivity index (χ1) is 7.69. The van der Waals surface area contributed by atoms with Gasteiger partial charge in [-0.25, -0.2) is 0 Å². The van der Waals surface area contributed by atoms with Crippen molar-refractivity contribution in [2.24, 2.45) is 11.7 Å². The van der Waals surface area contributed by atoms with Gasteiger partial charge in [0.25, 0.3) is 0 Å². The Morgan fingerprint density at radius 1 is 1.18 bits per heavy atom. The van der Waals surface area contributed by atoms with E-state index in [1.165, 1.54) is 12.1 Å². The highest BCUT2D eigenvalue weighted by Crippen LogP contribution is 2.33. The largest absolute Gasteiger partial charge is 0.416 e. The van der Waals surface area contributed by atoms with Gasteiger partial charge < -0.3 is 10.8 Å². The van der Waals surface area contributed by atoms with Crippen LogP contribution in [0.4, 0.5) is 13.2 Å². The van der Waals surface area contributed by atoms with Crippen molar-refractivity contribution >= 4 is 0 Å². The van der Waals surface area contributed by atoms with Crippen LogP contribution < -0.4 is 5.73 Å². The standard InChI is InChI=1S/C12H16F3NO/c1-8(7-16)11(2,17)9-3-5-10(6-4-9)12(13,14)15/h3-6,8,17H,7,16H2,1-2H3. The van der Waals surface area contributed by atoms with Crippen LogP contribution in [0.5, 0.6) is 0 Å². The molecule has 2 unspecified atom stereocenters. The van der Waals surface area contributed by atoms with Crippen LogP contribution >= 0.6 is 0 Å². The Bertz CT molecular complexity index is 370. The van der Waals surface area contributed by atoms with Crippen LogP contribution in [0.1, 0.15) is 25.0 Å². The van der Waals surface area contributed by atoms with Gasteiger partial charge in [-0.1, -0.05) is 19.1 Å². The fraction of sp³-hybridized carbons (Fsp3) is 0.500. The number of hydrogen-bond donors (Lipinski definition) is 2. The van der Waals surface area contributed by atoms with Crippen molar-refractivity contribution in [1.29, 1.82) is 0 Å². The summed E-state index contributed by atoms with van der Waals surface area (Å²) in [7, 11) is 0. The summed E-state index contributed by atoms with van der Waals surface area (Å²) >= 11 is 0. The van der Waals surface area contributed by atoms with Gasteiger partial charge in [0.05, 0.1) is 11.2 Å². The summed E-state index contributed by atoms with van der Waals surface area (Å²) in [6, 6.07) is 4.50. The highest BCUT2D eigenvalue weighted by atomic mass is 19.4. The molecule has 0 aliphatic heterocycles. The zero-order valence-corrected chi connectivity index (χ0v) is 9.75. The molecule has 0 aromatic heterocycles. The molecule has 0 fully saturated rings. The van der Waals surface area contributed by atoms with E-state index in [4.69, 9.17) is 5.73 Å². The molecule has 0 aliphatic carbocycles. The Labute approximate surface area is 98.3 Å². The fourth-order valence-corrected chi connectivity index (χ4v) is 1.51. The Morgan fingerprint density at radius 3 is 1.94 bits per heavy atom. The predicted molar refractivity (Wildman–Crippen MR) is 59.2 cm³/mol. The molecule has 3 N–H and O–H groups in total. The van der Waals surface area contributed by atoms with Gasteiger partial charge in [0.2, 0.25) is 0 Å². The molecule has 0 saturated heterocycles. The normalized spacial score (nSPS) is 17.6. The van der Waals surface area contributed by atoms with Crippen molar-refractivity contribution in [2.75, 3.05) is 6.54 Å². The lowest BCUT2D eigenvalue weighted by Gasteiger charge is -2.30. The molecule has 17 heavy (non-hydrogen) atoms. The number of hydrogen-bond acceptors (Lipinski definition) is 2. The topological polar surface area (TPSA) is 46.2 Å². The Balaban J connectivity index is 3.03. The fourth-order valence-electron chi connectivity index (χ4n) is 1.51. The molecular weight excluding hydrogens is 231 g/mol. The number of benzene rings is 1. The van der Waals surface area contributed by atoms with Crippen LogP contribution in [-0.2, 0) is 11.8 Å². The van der Waals surface area contributed by atoms with Crippen molar-refractivity contribution in [3.05, 3.63) is 35.4 Å². The maximum absolute atomic E-state index is 12.4. The number of alkyl halides is 3. The number of aliphatic hydroxyl groups is 1. The van der Waals surface area contributed by atoms with Crippen LogP contribution in [0.2, 0.25) is 0 Å². The summed E-state index contributed by atoms with van der Waals surface area (Å²) in [4.78, 5) is 0. The van der Waals surface area contributed by atoms with Crippen LogP contribution in [0.25, 0.3) is 0 Å². The highest BCUT2D eigenvalue weighted by molar-refractivity contribution is 5.28. The van der Waals surface area contributed by atoms with Gasteiger partial charge in [0.15, 0.2) is 0 Å². The molecule has 1 aromatic rings. The summed E-state index contributed by atoms with van der Waals surface area (Å²) in [6.07, 6.45) is -4.36. The van der Waals surface area contributed by atoms with Gasteiger partial charge in [-0.15, -0.1) is 0 Å². The maximum Gasteiger partial charge on any atom is 0.416 e. The molecule has 0 bridgehead atoms. The van der Waals surface area contributed by atoms with Crippen molar-refractivity contribution in [2.45, 2.75) is 25.6 Å². The van der Waals surface area contributed by atoms with E-state index in [0.717, 1.165) is 12.1 Å². The van der Waals surface area contributed by atoms with Gasteiger partial charge in [-0.2, -0.15) is 13.2 Å². The van der Waals surface area contributed by atoms with Crippen LogP contribution in [0, 0.1) is 5.92 Å². The Kier molecular flexibility index (Phi) is 3.84. The molecule has 1 aromatic carbocycles. The Morgan fingerprint density at radius 2 is 1.59 bits per heavy atom. The van der Waals surface area contributed by atoms with Crippen molar-refractivity contribution < 1.29 is 18.3 Å². The van der Waals surface area contributed by atoms with Gasteiger partial charge >= 0.3 is 6.18 Å². The minimum absolute atomic E-state index is 0.237. The first-order valence-electron chi connectivity index (χ1n) is 5.29. The van der Waals surface area contributed by atoms with Crippen LogP contribution in [-0.4, -0.2) is 11.7 Å². The highest BCUT2D eigenvalue weighted by Gasteiger charge is 2.33. The van der Waals surface area contributed by atoms with E-state index in [1.807, 2.05) is 0 Å². The average Bonchev–Trinajstić information content (AvgIpc) is 2.27. The van der Waals surface area contributed by atoms with E-state index in [1.54, 1.807) is 13.8 Å². The second-order valence-electron chi connectivity index (χ2n) is 4.36. The van der Waals surface area contributed by atoms with Crippen molar-refractivity contribution in [1.82, 2.24) is 0 Å². The average molecular weight is 247 g/mol. The lowest BCUT2D eigenvalue weighted by molar-refractivity contribution is -0.137. The molecular formula is C12H16F3NO. The summed E-state index contributed by atoms with van der Waals surface area (Å²) in [5.74, 6) is -0.237. The monoisotopic (exact) mass is 247 g/mol. The first kappa shape index (κ1) is 14.0.